The van der Waals surface area contributed by atoms with Crippen LogP contribution in [0.25, 0.3) is 0 Å². The van der Waals surface area contributed by atoms with Gasteiger partial charge in [-0.1, -0.05) is 13.8 Å². The molecule has 1 unspecified atom stereocenters. The minimum absolute atomic E-state index is 0.0543. The molecule has 1 aliphatic heterocycles. The van der Waals surface area contributed by atoms with E-state index in [0.29, 0.717) is 12.5 Å². The van der Waals surface area contributed by atoms with Gasteiger partial charge in [0.15, 0.2) is 0 Å². The van der Waals surface area contributed by atoms with Gasteiger partial charge in [-0.2, -0.15) is 5.10 Å². The van der Waals surface area contributed by atoms with Crippen LogP contribution >= 0.6 is 0 Å². The lowest BCUT2D eigenvalue weighted by molar-refractivity contribution is 0.0509. The van der Waals surface area contributed by atoms with Crippen LogP contribution in [0.1, 0.15) is 41.0 Å². The summed E-state index contributed by atoms with van der Waals surface area (Å²) in [6.07, 6.45) is 3.61. The molecule has 2 rings (SSSR count). The summed E-state index contributed by atoms with van der Waals surface area (Å²) in [4.78, 5) is 17.8. The van der Waals surface area contributed by atoms with E-state index in [1.807, 2.05) is 39.5 Å². The summed E-state index contributed by atoms with van der Waals surface area (Å²) < 4.78 is 5.23. The lowest BCUT2D eigenvalue weighted by atomic mass is 10.2. The van der Waals surface area contributed by atoms with Gasteiger partial charge in [0.2, 0.25) is 5.95 Å². The number of rotatable bonds is 2. The maximum absolute atomic E-state index is 11.7. The van der Waals surface area contributed by atoms with Crippen molar-refractivity contribution in [2.75, 3.05) is 18.0 Å². The lowest BCUT2D eigenvalue weighted by Crippen LogP contribution is -2.40. The first-order valence-electron chi connectivity index (χ1n) is 7.32. The van der Waals surface area contributed by atoms with Crippen LogP contribution in [-0.2, 0) is 4.74 Å². The predicted molar refractivity (Wildman–Crippen MR) is 81.2 cm³/mol. The highest BCUT2D eigenvalue weighted by Gasteiger charge is 2.27. The topological polar surface area (TPSA) is 80.2 Å². The third kappa shape index (κ3) is 5.93. The van der Waals surface area contributed by atoms with Gasteiger partial charge < -0.3 is 15.0 Å². The standard InChI is InChI=1S/C12H19N5O2.C2H6/c1-12(2,3)19-11(18)15-9-4-7-17(8-9)10-13-5-6-14-16-10;1-2/h5-6,9H,4,7-8H2,1-3H3,(H,15,18);1-2H3. The first-order valence-corrected chi connectivity index (χ1v) is 7.32. The fourth-order valence-electron chi connectivity index (χ4n) is 1.92. The van der Waals surface area contributed by atoms with E-state index >= 15 is 0 Å². The van der Waals surface area contributed by atoms with E-state index in [4.69, 9.17) is 4.74 Å². The molecule has 0 saturated carbocycles. The molecule has 21 heavy (non-hydrogen) atoms. The summed E-state index contributed by atoms with van der Waals surface area (Å²) in [7, 11) is 0. The van der Waals surface area contributed by atoms with Crippen LogP contribution in [-0.4, -0.2) is 46.0 Å². The molecule has 7 nitrogen and oxygen atoms in total. The number of carbonyl (C=O) groups excluding carboxylic acids is 1. The van der Waals surface area contributed by atoms with Crippen LogP contribution in [0, 0.1) is 0 Å². The zero-order valence-electron chi connectivity index (χ0n) is 13.5. The number of ether oxygens (including phenoxy) is 1. The van der Waals surface area contributed by atoms with E-state index in [1.54, 1.807) is 6.20 Å². The normalized spacial score (nSPS) is 17.8. The SMILES string of the molecule is CC.CC(C)(C)OC(=O)NC1CCN(c2nccnn2)C1. The Labute approximate surface area is 126 Å². The third-order valence-electron chi connectivity index (χ3n) is 2.66. The van der Waals surface area contributed by atoms with Gasteiger partial charge in [0.25, 0.3) is 0 Å². The van der Waals surface area contributed by atoms with Crippen molar-refractivity contribution in [1.29, 1.82) is 0 Å². The Morgan fingerprint density at radius 2 is 2.10 bits per heavy atom. The van der Waals surface area contributed by atoms with Crippen LogP contribution in [0.3, 0.4) is 0 Å². The molecule has 1 atom stereocenters. The second-order valence-electron chi connectivity index (χ2n) is 5.52. The molecule has 0 aromatic carbocycles. The molecule has 0 bridgehead atoms. The van der Waals surface area contributed by atoms with Gasteiger partial charge in [-0.15, -0.1) is 5.10 Å². The highest BCUT2D eigenvalue weighted by atomic mass is 16.6. The van der Waals surface area contributed by atoms with Crippen LogP contribution < -0.4 is 10.2 Å². The summed E-state index contributed by atoms with van der Waals surface area (Å²) >= 11 is 0. The second-order valence-corrected chi connectivity index (χ2v) is 5.52. The Kier molecular flexibility index (Phi) is 6.33. The molecule has 1 amide bonds. The fraction of sp³-hybridized carbons (Fsp3) is 0.714. The molecule has 7 heteroatoms. The number of alkyl carbamates (subject to hydrolysis) is 1. The molecular formula is C14H25N5O2. The monoisotopic (exact) mass is 295 g/mol. The van der Waals surface area contributed by atoms with Crippen LogP contribution in [0.5, 0.6) is 0 Å². The van der Waals surface area contributed by atoms with E-state index in [0.717, 1.165) is 13.0 Å². The Morgan fingerprint density at radius 1 is 1.38 bits per heavy atom. The van der Waals surface area contributed by atoms with Crippen LogP contribution in [0.4, 0.5) is 10.7 Å². The molecule has 0 spiro atoms. The first-order chi connectivity index (χ1) is 9.94. The molecule has 2 heterocycles. The molecule has 1 fully saturated rings. The number of nitrogens with zero attached hydrogens (tertiary/aromatic N) is 4. The largest absolute Gasteiger partial charge is 0.444 e. The molecule has 1 aromatic heterocycles. The quantitative estimate of drug-likeness (QED) is 0.899. The molecule has 1 N–H and O–H groups in total. The number of hydrogen-bond donors (Lipinski definition) is 1. The highest BCUT2D eigenvalue weighted by Crippen LogP contribution is 2.15. The minimum Gasteiger partial charge on any atom is -0.444 e. The summed E-state index contributed by atoms with van der Waals surface area (Å²) in [5, 5.41) is 10.6. The zero-order chi connectivity index (χ0) is 15.9. The molecule has 1 saturated heterocycles. The number of anilines is 1. The van der Waals surface area contributed by atoms with E-state index in [9.17, 15) is 4.79 Å². The number of hydrogen-bond acceptors (Lipinski definition) is 6. The summed E-state index contributed by atoms with van der Waals surface area (Å²) in [6.45, 7) is 11.0. The average Bonchev–Trinajstić information content (AvgIpc) is 2.88. The van der Waals surface area contributed by atoms with Crippen molar-refractivity contribution in [1.82, 2.24) is 20.5 Å². The maximum Gasteiger partial charge on any atom is 0.407 e. The maximum atomic E-state index is 11.7. The minimum atomic E-state index is -0.477. The number of aromatic nitrogens is 3. The Bertz CT molecular complexity index is 433. The van der Waals surface area contributed by atoms with Gasteiger partial charge in [-0.25, -0.2) is 9.78 Å². The van der Waals surface area contributed by atoms with Crippen molar-refractivity contribution in [2.24, 2.45) is 0 Å². The molecule has 0 aliphatic carbocycles. The molecule has 1 aromatic rings. The smallest absolute Gasteiger partial charge is 0.407 e. The van der Waals surface area contributed by atoms with Crippen molar-refractivity contribution in [3.05, 3.63) is 12.4 Å². The van der Waals surface area contributed by atoms with E-state index in [1.165, 1.54) is 6.20 Å². The molecule has 1 aliphatic rings. The van der Waals surface area contributed by atoms with Gasteiger partial charge in [0, 0.05) is 13.1 Å². The van der Waals surface area contributed by atoms with E-state index in [-0.39, 0.29) is 12.1 Å². The summed E-state index contributed by atoms with van der Waals surface area (Å²) in [5.74, 6) is 0.594. The predicted octanol–water partition coefficient (Wildman–Crippen LogP) is 2.00. The number of carbonyl (C=O) groups is 1. The van der Waals surface area contributed by atoms with E-state index < -0.39 is 5.60 Å². The van der Waals surface area contributed by atoms with Gasteiger partial charge in [-0.05, 0) is 27.2 Å². The van der Waals surface area contributed by atoms with Crippen molar-refractivity contribution in [3.8, 4) is 0 Å². The zero-order valence-corrected chi connectivity index (χ0v) is 13.5. The highest BCUT2D eigenvalue weighted by molar-refractivity contribution is 5.68. The van der Waals surface area contributed by atoms with Gasteiger partial charge in [0.05, 0.1) is 18.4 Å². The fourth-order valence-corrected chi connectivity index (χ4v) is 1.92. The van der Waals surface area contributed by atoms with Crippen LogP contribution in [0.2, 0.25) is 0 Å². The van der Waals surface area contributed by atoms with Crippen molar-refractivity contribution < 1.29 is 9.53 Å². The Hall–Kier alpha value is -1.92. The number of amides is 1. The Morgan fingerprint density at radius 3 is 2.67 bits per heavy atom. The number of nitrogens with one attached hydrogen (secondary N) is 1. The van der Waals surface area contributed by atoms with Crippen molar-refractivity contribution >= 4 is 12.0 Å². The van der Waals surface area contributed by atoms with Gasteiger partial charge in [-0.3, -0.25) is 0 Å². The van der Waals surface area contributed by atoms with E-state index in [2.05, 4.69) is 20.5 Å². The van der Waals surface area contributed by atoms with Gasteiger partial charge in [0.1, 0.15) is 5.60 Å². The van der Waals surface area contributed by atoms with Crippen molar-refractivity contribution in [2.45, 2.75) is 52.7 Å². The van der Waals surface area contributed by atoms with Crippen molar-refractivity contribution in [3.63, 3.8) is 0 Å². The van der Waals surface area contributed by atoms with Crippen LogP contribution in [0.15, 0.2) is 12.4 Å². The average molecular weight is 295 g/mol. The first kappa shape index (κ1) is 17.1. The molecule has 0 radical (unpaired) electrons. The lowest BCUT2D eigenvalue weighted by Gasteiger charge is -2.21. The summed E-state index contributed by atoms with van der Waals surface area (Å²) in [6, 6.07) is 0.0543. The Balaban J connectivity index is 0.00000106. The third-order valence-corrected chi connectivity index (χ3v) is 2.66. The molecule has 118 valence electrons. The molecular weight excluding hydrogens is 270 g/mol. The second kappa shape index (κ2) is 7.75. The summed E-state index contributed by atoms with van der Waals surface area (Å²) in [5.41, 5.74) is -0.477. The van der Waals surface area contributed by atoms with Gasteiger partial charge >= 0.3 is 6.09 Å².